The average molecular weight is 445 g/mol. The number of nitrogens with zero attached hydrogens (tertiary/aromatic N) is 4. The molecule has 0 atom stereocenters. The number of amides is 1. The second-order valence-corrected chi connectivity index (χ2v) is 7.22. The van der Waals surface area contributed by atoms with Crippen LogP contribution in [0.3, 0.4) is 0 Å². The van der Waals surface area contributed by atoms with Gasteiger partial charge in [-0.15, -0.1) is 36.2 Å². The van der Waals surface area contributed by atoms with Crippen LogP contribution >= 0.6 is 47.8 Å². The third-order valence-corrected chi connectivity index (χ3v) is 4.97. The number of aromatic nitrogens is 3. The highest BCUT2D eigenvalue weighted by molar-refractivity contribution is 7.18. The predicted octanol–water partition coefficient (Wildman–Crippen LogP) is 4.97. The maximum atomic E-state index is 11.8. The summed E-state index contributed by atoms with van der Waals surface area (Å²) in [4.78, 5) is 26.7. The smallest absolute Gasteiger partial charge is 0.227 e. The van der Waals surface area contributed by atoms with Crippen molar-refractivity contribution in [3.05, 3.63) is 47.1 Å². The van der Waals surface area contributed by atoms with Crippen LogP contribution in [0.1, 0.15) is 12.8 Å². The Morgan fingerprint density at radius 1 is 1.07 bits per heavy atom. The van der Waals surface area contributed by atoms with Gasteiger partial charge in [-0.3, -0.25) is 4.79 Å². The first-order valence-electron chi connectivity index (χ1n) is 7.81. The summed E-state index contributed by atoms with van der Waals surface area (Å²) in [6.45, 7) is 0.757. The maximum Gasteiger partial charge on any atom is 0.227 e. The van der Waals surface area contributed by atoms with Gasteiger partial charge in [-0.1, -0.05) is 17.7 Å². The molecule has 3 aromatic heterocycles. The average Bonchev–Trinajstić information content (AvgIpc) is 3.24. The van der Waals surface area contributed by atoms with Crippen LogP contribution in [0, 0.1) is 0 Å². The Morgan fingerprint density at radius 3 is 2.56 bits per heavy atom. The van der Waals surface area contributed by atoms with E-state index in [1.54, 1.807) is 17.3 Å². The molecular formula is C17H16Cl3N5OS. The standard InChI is InChI=1S/C17H14ClN5OS.2ClH/c18-13-10-20-17(25-13)12-3-1-4-15(21-12)22-14-7-6-11(9-19-14)23-8-2-5-16(23)24;;/h1,3-4,6-7,9-10H,2,5,8H2,(H,19,21,22);2*1H. The van der Waals surface area contributed by atoms with Crippen LogP contribution in [0.25, 0.3) is 10.7 Å². The summed E-state index contributed by atoms with van der Waals surface area (Å²) in [5.41, 5.74) is 1.58. The Kier molecular flexibility index (Phi) is 7.38. The van der Waals surface area contributed by atoms with Crippen LogP contribution in [-0.2, 0) is 4.79 Å². The summed E-state index contributed by atoms with van der Waals surface area (Å²) in [7, 11) is 0. The number of thiazole rings is 1. The molecule has 0 aliphatic carbocycles. The lowest BCUT2D eigenvalue weighted by Crippen LogP contribution is -2.23. The molecular weight excluding hydrogens is 429 g/mol. The van der Waals surface area contributed by atoms with Gasteiger partial charge in [-0.05, 0) is 30.7 Å². The van der Waals surface area contributed by atoms with Crippen molar-refractivity contribution >= 4 is 71.0 Å². The summed E-state index contributed by atoms with van der Waals surface area (Å²) in [6.07, 6.45) is 4.83. The molecule has 10 heteroatoms. The van der Waals surface area contributed by atoms with E-state index in [-0.39, 0.29) is 30.7 Å². The summed E-state index contributed by atoms with van der Waals surface area (Å²) in [6, 6.07) is 9.38. The van der Waals surface area contributed by atoms with Crippen LogP contribution in [0.2, 0.25) is 4.34 Å². The summed E-state index contributed by atoms with van der Waals surface area (Å²) in [5.74, 6) is 1.48. The van der Waals surface area contributed by atoms with Crippen molar-refractivity contribution in [2.75, 3.05) is 16.8 Å². The number of carbonyl (C=O) groups is 1. The number of carbonyl (C=O) groups excluding carboxylic acids is 1. The van der Waals surface area contributed by atoms with Crippen molar-refractivity contribution in [1.82, 2.24) is 15.0 Å². The van der Waals surface area contributed by atoms with E-state index in [1.165, 1.54) is 11.3 Å². The van der Waals surface area contributed by atoms with E-state index in [1.807, 2.05) is 30.3 Å². The summed E-state index contributed by atoms with van der Waals surface area (Å²) >= 11 is 7.32. The molecule has 1 saturated heterocycles. The lowest BCUT2D eigenvalue weighted by atomic mass is 10.3. The van der Waals surface area contributed by atoms with E-state index < -0.39 is 0 Å². The topological polar surface area (TPSA) is 71.0 Å². The van der Waals surface area contributed by atoms with E-state index in [0.29, 0.717) is 22.4 Å². The number of anilines is 3. The van der Waals surface area contributed by atoms with Crippen LogP contribution in [0.5, 0.6) is 0 Å². The quantitative estimate of drug-likeness (QED) is 0.615. The summed E-state index contributed by atoms with van der Waals surface area (Å²) in [5, 5.41) is 3.94. The number of halogens is 3. The van der Waals surface area contributed by atoms with Gasteiger partial charge in [-0.2, -0.15) is 0 Å². The number of pyridine rings is 2. The normalized spacial score (nSPS) is 13.1. The predicted molar refractivity (Wildman–Crippen MR) is 114 cm³/mol. The van der Waals surface area contributed by atoms with Crippen molar-refractivity contribution in [2.45, 2.75) is 12.8 Å². The van der Waals surface area contributed by atoms with Gasteiger partial charge in [0.25, 0.3) is 0 Å². The lowest BCUT2D eigenvalue weighted by molar-refractivity contribution is -0.117. The third kappa shape index (κ3) is 4.87. The van der Waals surface area contributed by atoms with E-state index in [4.69, 9.17) is 11.6 Å². The van der Waals surface area contributed by atoms with Gasteiger partial charge in [0.2, 0.25) is 5.91 Å². The highest BCUT2D eigenvalue weighted by Gasteiger charge is 2.21. The van der Waals surface area contributed by atoms with E-state index in [9.17, 15) is 4.79 Å². The SMILES string of the molecule is Cl.Cl.O=C1CCCN1c1ccc(Nc2cccc(-c3ncc(Cl)s3)n2)nc1. The molecule has 27 heavy (non-hydrogen) atoms. The lowest BCUT2D eigenvalue weighted by Gasteiger charge is -2.15. The molecule has 1 amide bonds. The van der Waals surface area contributed by atoms with Gasteiger partial charge >= 0.3 is 0 Å². The Balaban J connectivity index is 0.00000131. The molecule has 1 aliphatic heterocycles. The molecule has 1 fully saturated rings. The van der Waals surface area contributed by atoms with Gasteiger partial charge in [0.05, 0.1) is 18.1 Å². The van der Waals surface area contributed by atoms with E-state index >= 15 is 0 Å². The second kappa shape index (κ2) is 9.32. The van der Waals surface area contributed by atoms with Gasteiger partial charge in [0, 0.05) is 13.0 Å². The monoisotopic (exact) mass is 443 g/mol. The third-order valence-electron chi connectivity index (χ3n) is 3.83. The zero-order valence-corrected chi connectivity index (χ0v) is 17.2. The van der Waals surface area contributed by atoms with Gasteiger partial charge in [0.1, 0.15) is 26.7 Å². The molecule has 142 valence electrons. The van der Waals surface area contributed by atoms with Gasteiger partial charge in [-0.25, -0.2) is 15.0 Å². The fourth-order valence-electron chi connectivity index (χ4n) is 2.67. The highest BCUT2D eigenvalue weighted by atomic mass is 35.5. The van der Waals surface area contributed by atoms with Crippen molar-refractivity contribution < 1.29 is 4.79 Å². The van der Waals surface area contributed by atoms with E-state index in [2.05, 4.69) is 20.3 Å². The zero-order valence-electron chi connectivity index (χ0n) is 14.0. The minimum Gasteiger partial charge on any atom is -0.325 e. The molecule has 4 heterocycles. The van der Waals surface area contributed by atoms with Gasteiger partial charge in [0.15, 0.2) is 0 Å². The molecule has 0 spiro atoms. The van der Waals surface area contributed by atoms with Crippen LogP contribution in [0.4, 0.5) is 17.3 Å². The van der Waals surface area contributed by atoms with Crippen molar-refractivity contribution in [3.63, 3.8) is 0 Å². The van der Waals surface area contributed by atoms with Crippen molar-refractivity contribution in [3.8, 4) is 10.7 Å². The van der Waals surface area contributed by atoms with Gasteiger partial charge < -0.3 is 10.2 Å². The maximum absolute atomic E-state index is 11.8. The molecule has 3 aromatic rings. The Bertz CT molecular complexity index is 919. The Morgan fingerprint density at radius 2 is 1.93 bits per heavy atom. The zero-order chi connectivity index (χ0) is 17.2. The van der Waals surface area contributed by atoms with Crippen molar-refractivity contribution in [2.24, 2.45) is 0 Å². The van der Waals surface area contributed by atoms with Crippen LogP contribution in [0.15, 0.2) is 42.7 Å². The Labute approximate surface area is 177 Å². The molecule has 0 unspecified atom stereocenters. The summed E-state index contributed by atoms with van der Waals surface area (Å²) < 4.78 is 0.629. The van der Waals surface area contributed by atoms with Crippen molar-refractivity contribution in [1.29, 1.82) is 0 Å². The largest absolute Gasteiger partial charge is 0.325 e. The number of hydrogen-bond acceptors (Lipinski definition) is 6. The Hall–Kier alpha value is -1.93. The second-order valence-electron chi connectivity index (χ2n) is 5.55. The minimum atomic E-state index is 0. The molecule has 0 bridgehead atoms. The number of rotatable bonds is 4. The number of hydrogen-bond donors (Lipinski definition) is 1. The number of nitrogens with one attached hydrogen (secondary N) is 1. The molecule has 0 saturated carbocycles. The molecule has 4 rings (SSSR count). The van der Waals surface area contributed by atoms with E-state index in [0.717, 1.165) is 29.4 Å². The molecule has 1 N–H and O–H groups in total. The first-order valence-corrected chi connectivity index (χ1v) is 9.01. The van der Waals surface area contributed by atoms with Crippen LogP contribution < -0.4 is 10.2 Å². The fraction of sp³-hybridized carbons (Fsp3) is 0.176. The molecule has 1 aliphatic rings. The molecule has 0 radical (unpaired) electrons. The fourth-order valence-corrected chi connectivity index (χ4v) is 3.55. The minimum absolute atomic E-state index is 0. The molecule has 6 nitrogen and oxygen atoms in total. The first-order chi connectivity index (χ1) is 12.2. The molecule has 0 aromatic carbocycles. The highest BCUT2D eigenvalue weighted by Crippen LogP contribution is 2.28. The first kappa shape index (κ1) is 21.4. The van der Waals surface area contributed by atoms with Crippen LogP contribution in [-0.4, -0.2) is 27.4 Å².